The molecule has 294 valence electrons. The van der Waals surface area contributed by atoms with Gasteiger partial charge in [-0.15, -0.1) is 0 Å². The van der Waals surface area contributed by atoms with Crippen molar-refractivity contribution in [2.75, 3.05) is 0 Å². The molecule has 0 saturated heterocycles. The Morgan fingerprint density at radius 2 is 1.48 bits per heavy atom. The number of aliphatic hydroxyl groups is 1. The second-order valence-electron chi connectivity index (χ2n) is 18.6. The number of unbranched alkanes of at least 4 members (excludes halogenated alkanes) is 11. The molecule has 0 aromatic carbocycles. The number of ether oxygens (including phenoxy) is 1. The van der Waals surface area contributed by atoms with Gasteiger partial charge in [0.25, 0.3) is 0 Å². The summed E-state index contributed by atoms with van der Waals surface area (Å²) in [7, 11) is 0. The van der Waals surface area contributed by atoms with Crippen LogP contribution >= 0.6 is 0 Å². The molecule has 3 saturated carbocycles. The molecule has 1 unspecified atom stereocenters. The van der Waals surface area contributed by atoms with E-state index in [1.807, 2.05) is 18.2 Å². The van der Waals surface area contributed by atoms with Crippen LogP contribution in [0.1, 0.15) is 183 Å². The van der Waals surface area contributed by atoms with Crippen LogP contribution in [0.2, 0.25) is 0 Å². The average molecular weight is 717 g/mol. The number of aliphatic hydroxyl groups excluding tert-OH is 1. The van der Waals surface area contributed by atoms with Crippen molar-refractivity contribution >= 4 is 5.97 Å². The molecule has 4 aliphatic rings. The Morgan fingerprint density at radius 1 is 0.827 bits per heavy atom. The monoisotopic (exact) mass is 717 g/mol. The third-order valence-corrected chi connectivity index (χ3v) is 14.5. The zero-order valence-corrected chi connectivity index (χ0v) is 34.6. The number of hydrogen-bond donors (Lipinski definition) is 1. The molecule has 1 N–H and O–H groups in total. The van der Waals surface area contributed by atoms with Gasteiger partial charge in [-0.2, -0.15) is 0 Å². The summed E-state index contributed by atoms with van der Waals surface area (Å²) in [6.07, 6.45) is 45.5. The Kier molecular flexibility index (Phi) is 18.0. The van der Waals surface area contributed by atoms with E-state index in [2.05, 4.69) is 65.8 Å². The third-order valence-electron chi connectivity index (χ3n) is 14.5. The zero-order valence-electron chi connectivity index (χ0n) is 34.6. The van der Waals surface area contributed by atoms with Crippen LogP contribution in [-0.4, -0.2) is 23.3 Å². The van der Waals surface area contributed by atoms with Crippen molar-refractivity contribution in [3.63, 3.8) is 0 Å². The van der Waals surface area contributed by atoms with E-state index in [-0.39, 0.29) is 17.5 Å². The van der Waals surface area contributed by atoms with Gasteiger partial charge in [-0.05, 0) is 92.3 Å². The van der Waals surface area contributed by atoms with Crippen molar-refractivity contribution < 1.29 is 14.6 Å². The van der Waals surface area contributed by atoms with Gasteiger partial charge in [0, 0.05) is 17.9 Å². The van der Waals surface area contributed by atoms with Crippen molar-refractivity contribution in [1.29, 1.82) is 0 Å². The summed E-state index contributed by atoms with van der Waals surface area (Å²) < 4.78 is 6.29. The van der Waals surface area contributed by atoms with Gasteiger partial charge in [-0.3, -0.25) is 0 Å². The summed E-state index contributed by atoms with van der Waals surface area (Å²) in [6.45, 7) is 14.5. The fraction of sp³-hybridized carbons (Fsp3) is 0.776. The highest BCUT2D eigenvalue weighted by Gasteiger charge is 2.61. The highest BCUT2D eigenvalue weighted by atomic mass is 16.5. The van der Waals surface area contributed by atoms with Gasteiger partial charge < -0.3 is 9.84 Å². The Labute approximate surface area is 321 Å². The third kappa shape index (κ3) is 11.8. The molecule has 0 heterocycles. The molecule has 9 atom stereocenters. The summed E-state index contributed by atoms with van der Waals surface area (Å²) in [5.74, 6) is 4.04. The number of carbonyl (C=O) groups is 1. The lowest BCUT2D eigenvalue weighted by atomic mass is 9.46. The minimum atomic E-state index is -0.443. The van der Waals surface area contributed by atoms with Gasteiger partial charge in [-0.1, -0.05) is 179 Å². The number of carbonyl (C=O) groups excluding carboxylic acids is 1. The van der Waals surface area contributed by atoms with Crippen LogP contribution < -0.4 is 0 Å². The molecule has 3 fully saturated rings. The topological polar surface area (TPSA) is 46.5 Å². The molecule has 4 aliphatic carbocycles. The molecule has 0 aliphatic heterocycles. The summed E-state index contributed by atoms with van der Waals surface area (Å²) >= 11 is 0. The summed E-state index contributed by atoms with van der Waals surface area (Å²) in [5, 5.41) is 10.9. The largest absolute Gasteiger partial charge is 0.458 e. The van der Waals surface area contributed by atoms with E-state index in [0.717, 1.165) is 42.9 Å². The van der Waals surface area contributed by atoms with E-state index in [9.17, 15) is 9.90 Å². The summed E-state index contributed by atoms with van der Waals surface area (Å²) in [4.78, 5) is 13.2. The molecule has 3 heteroatoms. The molecule has 4 rings (SSSR count). The van der Waals surface area contributed by atoms with Gasteiger partial charge in [0.2, 0.25) is 0 Å². The van der Waals surface area contributed by atoms with Gasteiger partial charge in [0.05, 0.1) is 6.10 Å². The lowest BCUT2D eigenvalue weighted by molar-refractivity contribution is -0.163. The predicted octanol–water partition coefficient (Wildman–Crippen LogP) is 13.8. The molecular formula is C49H80O3. The van der Waals surface area contributed by atoms with Gasteiger partial charge >= 0.3 is 5.97 Å². The second kappa shape index (κ2) is 21.9. The molecular weight excluding hydrogens is 637 g/mol. The molecule has 0 spiro atoms. The van der Waals surface area contributed by atoms with Crippen LogP contribution in [0.3, 0.4) is 0 Å². The molecule has 0 radical (unpaired) electrons. The van der Waals surface area contributed by atoms with E-state index in [1.54, 1.807) is 12.2 Å². The van der Waals surface area contributed by atoms with Crippen molar-refractivity contribution in [3.8, 4) is 0 Å². The van der Waals surface area contributed by atoms with Gasteiger partial charge in [0.1, 0.15) is 6.10 Å². The minimum Gasteiger partial charge on any atom is -0.458 e. The zero-order chi connectivity index (χ0) is 37.4. The molecule has 52 heavy (non-hydrogen) atoms. The highest BCUT2D eigenvalue weighted by molar-refractivity contribution is 5.82. The molecule has 3 nitrogen and oxygen atoms in total. The molecule has 0 bridgehead atoms. The van der Waals surface area contributed by atoms with Crippen LogP contribution in [-0.2, 0) is 9.53 Å². The Hall–Kier alpha value is -1.87. The van der Waals surface area contributed by atoms with Crippen LogP contribution in [0.4, 0.5) is 0 Å². The van der Waals surface area contributed by atoms with Crippen molar-refractivity contribution in [2.24, 2.45) is 46.3 Å². The first kappa shape index (κ1) is 42.9. The SMILES string of the molecule is CCCCCCCCCCCCC/C=C/C=C/C=C/C=C/C(=O)OC1C[C@@H](O)CC2=CC[C@H]3[C@@H]4CC[C@H]([C@H](C)CCCC(C)C)[C@@]4(C)CC[C@@H]3[C@]21C. The Morgan fingerprint density at radius 3 is 2.17 bits per heavy atom. The van der Waals surface area contributed by atoms with Crippen LogP contribution in [0.25, 0.3) is 0 Å². The quantitative estimate of drug-likeness (QED) is 0.0399. The Balaban J connectivity index is 1.21. The highest BCUT2D eigenvalue weighted by Crippen LogP contribution is 2.67. The standard InChI is InChI=1S/C49H80O3/c1-7-8-9-10-11-12-13-14-15-16-17-18-19-20-21-22-23-24-25-29-47(51)52-46-37-41(50)36-40-30-31-42-44-33-32-43(39(4)28-26-27-38(2)3)48(44,5)35-34-45(42)49(40,46)6/h19-25,29-30,38-39,41-46,50H,7-18,26-28,31-37H2,1-6H3/b20-19+,22-21+,24-23+,29-25+/t39-,41+,42+,43-,44+,45+,46?,48-,49+/m1/s1. The van der Waals surface area contributed by atoms with Crippen LogP contribution in [0, 0.1) is 46.3 Å². The van der Waals surface area contributed by atoms with Crippen molar-refractivity contribution in [3.05, 3.63) is 60.3 Å². The van der Waals surface area contributed by atoms with E-state index in [0.29, 0.717) is 23.7 Å². The first-order chi connectivity index (χ1) is 25.1. The van der Waals surface area contributed by atoms with E-state index < -0.39 is 6.10 Å². The molecule has 0 amide bonds. The summed E-state index contributed by atoms with van der Waals surface area (Å²) in [6, 6.07) is 0. The lowest BCUT2D eigenvalue weighted by Gasteiger charge is -2.60. The second-order valence-corrected chi connectivity index (χ2v) is 18.6. The average Bonchev–Trinajstić information content (AvgIpc) is 3.47. The maximum Gasteiger partial charge on any atom is 0.331 e. The lowest BCUT2D eigenvalue weighted by Crippen LogP contribution is -2.56. The van der Waals surface area contributed by atoms with Crippen molar-refractivity contribution in [2.45, 2.75) is 195 Å². The fourth-order valence-electron chi connectivity index (χ4n) is 11.5. The smallest absolute Gasteiger partial charge is 0.331 e. The van der Waals surface area contributed by atoms with Crippen LogP contribution in [0.15, 0.2) is 60.3 Å². The first-order valence-electron chi connectivity index (χ1n) is 22.4. The van der Waals surface area contributed by atoms with E-state index >= 15 is 0 Å². The van der Waals surface area contributed by atoms with E-state index in [1.165, 1.54) is 121 Å². The van der Waals surface area contributed by atoms with Crippen LogP contribution in [0.5, 0.6) is 0 Å². The number of allylic oxidation sites excluding steroid dienone is 8. The fourth-order valence-corrected chi connectivity index (χ4v) is 11.5. The maximum absolute atomic E-state index is 13.2. The number of rotatable bonds is 22. The molecule has 0 aromatic heterocycles. The van der Waals surface area contributed by atoms with Gasteiger partial charge in [0.15, 0.2) is 0 Å². The van der Waals surface area contributed by atoms with Crippen molar-refractivity contribution in [1.82, 2.24) is 0 Å². The summed E-state index contributed by atoms with van der Waals surface area (Å²) in [5.41, 5.74) is 1.58. The number of esters is 1. The van der Waals surface area contributed by atoms with E-state index in [4.69, 9.17) is 4.74 Å². The molecule has 0 aromatic rings. The maximum atomic E-state index is 13.2. The Bertz CT molecular complexity index is 1200. The number of fused-ring (bicyclic) bond motifs is 5. The first-order valence-corrected chi connectivity index (χ1v) is 22.4. The minimum absolute atomic E-state index is 0.188. The van der Waals surface area contributed by atoms with Gasteiger partial charge in [-0.25, -0.2) is 4.79 Å². The number of hydrogen-bond acceptors (Lipinski definition) is 3. The predicted molar refractivity (Wildman–Crippen MR) is 222 cm³/mol. The normalized spacial score (nSPS) is 32.5.